The minimum atomic E-state index is -1.38. The monoisotopic (exact) mass is 209 g/mol. The summed E-state index contributed by atoms with van der Waals surface area (Å²) < 4.78 is 25.6. The van der Waals surface area contributed by atoms with Crippen LogP contribution in [0.5, 0.6) is 0 Å². The highest BCUT2D eigenvalue weighted by Gasteiger charge is 2.19. The van der Waals surface area contributed by atoms with Gasteiger partial charge in [0.2, 0.25) is 0 Å². The van der Waals surface area contributed by atoms with Crippen LogP contribution in [-0.2, 0) is 0 Å². The molecule has 0 saturated carbocycles. The van der Waals surface area contributed by atoms with E-state index in [-0.39, 0.29) is 12.1 Å². The molecular formula is C6H6BrF2N. The van der Waals surface area contributed by atoms with Gasteiger partial charge >= 0.3 is 0 Å². The van der Waals surface area contributed by atoms with Crippen LogP contribution in [-0.4, -0.2) is 6.17 Å². The molecule has 1 nitrogen and oxygen atoms in total. The molecule has 1 atom stereocenters. The van der Waals surface area contributed by atoms with Gasteiger partial charge < -0.3 is 5.73 Å². The van der Waals surface area contributed by atoms with Crippen molar-refractivity contribution in [2.45, 2.75) is 12.6 Å². The third-order valence-electron chi connectivity index (χ3n) is 1.27. The fraction of sp³-hybridized carbons (Fsp3) is 0.333. The minimum absolute atomic E-state index is 0.138. The Labute approximate surface area is 65.7 Å². The van der Waals surface area contributed by atoms with Crippen molar-refractivity contribution in [3.63, 3.8) is 0 Å². The summed E-state index contributed by atoms with van der Waals surface area (Å²) >= 11 is 2.99. The van der Waals surface area contributed by atoms with E-state index >= 15 is 0 Å². The maximum absolute atomic E-state index is 12.6. The van der Waals surface area contributed by atoms with Gasteiger partial charge in [0.05, 0.1) is 5.70 Å². The van der Waals surface area contributed by atoms with Crippen LogP contribution in [0.3, 0.4) is 0 Å². The van der Waals surface area contributed by atoms with E-state index in [0.29, 0.717) is 4.48 Å². The predicted octanol–water partition coefficient (Wildman–Crippen LogP) is 2.15. The number of rotatable bonds is 0. The van der Waals surface area contributed by atoms with Crippen molar-refractivity contribution in [1.29, 1.82) is 0 Å². The van der Waals surface area contributed by atoms with Crippen LogP contribution < -0.4 is 5.73 Å². The molecule has 0 aromatic carbocycles. The van der Waals surface area contributed by atoms with Gasteiger partial charge in [0.1, 0.15) is 12.0 Å². The lowest BCUT2D eigenvalue weighted by molar-refractivity contribution is 0.367. The Bertz CT molecular complexity index is 210. The molecule has 0 saturated heterocycles. The molecule has 0 aliphatic heterocycles. The third-order valence-corrected chi connectivity index (χ3v) is 1.82. The van der Waals surface area contributed by atoms with E-state index in [2.05, 4.69) is 15.9 Å². The van der Waals surface area contributed by atoms with Gasteiger partial charge in [-0.1, -0.05) is 15.9 Å². The third kappa shape index (κ3) is 1.37. The zero-order valence-corrected chi connectivity index (χ0v) is 6.66. The van der Waals surface area contributed by atoms with E-state index in [9.17, 15) is 8.78 Å². The van der Waals surface area contributed by atoms with E-state index < -0.39 is 12.0 Å². The number of hydrogen-bond acceptors (Lipinski definition) is 1. The van der Waals surface area contributed by atoms with Crippen molar-refractivity contribution < 1.29 is 8.78 Å². The largest absolute Gasteiger partial charge is 0.397 e. The zero-order valence-electron chi connectivity index (χ0n) is 5.07. The molecular weight excluding hydrogens is 204 g/mol. The molecule has 0 heterocycles. The van der Waals surface area contributed by atoms with Crippen LogP contribution in [0.4, 0.5) is 8.78 Å². The number of alkyl halides is 1. The van der Waals surface area contributed by atoms with Crippen LogP contribution in [0.25, 0.3) is 0 Å². The molecule has 4 heteroatoms. The molecule has 0 spiro atoms. The van der Waals surface area contributed by atoms with Gasteiger partial charge in [-0.2, -0.15) is 0 Å². The van der Waals surface area contributed by atoms with E-state index in [1.165, 1.54) is 6.08 Å². The summed E-state index contributed by atoms with van der Waals surface area (Å²) in [5.74, 6) is -0.675. The van der Waals surface area contributed by atoms with Gasteiger partial charge in [-0.3, -0.25) is 0 Å². The molecule has 56 valence electrons. The topological polar surface area (TPSA) is 26.0 Å². The summed E-state index contributed by atoms with van der Waals surface area (Å²) in [5.41, 5.74) is 4.75. The Kier molecular flexibility index (Phi) is 2.08. The second kappa shape index (κ2) is 2.70. The molecule has 1 aliphatic carbocycles. The maximum atomic E-state index is 12.6. The van der Waals surface area contributed by atoms with Crippen LogP contribution >= 0.6 is 15.9 Å². The zero-order chi connectivity index (χ0) is 7.72. The van der Waals surface area contributed by atoms with Crippen LogP contribution in [0.1, 0.15) is 6.42 Å². The lowest BCUT2D eigenvalue weighted by Gasteiger charge is -2.12. The SMILES string of the molecule is NC1=C(F)C=C(Br)CC1F. The predicted molar refractivity (Wildman–Crippen MR) is 38.8 cm³/mol. The lowest BCUT2D eigenvalue weighted by Crippen LogP contribution is -2.17. The van der Waals surface area contributed by atoms with Gasteiger partial charge in [-0.25, -0.2) is 8.78 Å². The van der Waals surface area contributed by atoms with Gasteiger partial charge in [0.25, 0.3) is 0 Å². The Hall–Kier alpha value is -0.380. The molecule has 10 heavy (non-hydrogen) atoms. The quantitative estimate of drug-likeness (QED) is 0.651. The molecule has 1 rings (SSSR count). The van der Waals surface area contributed by atoms with Crippen molar-refractivity contribution in [3.8, 4) is 0 Å². The van der Waals surface area contributed by atoms with E-state index in [1.54, 1.807) is 0 Å². The maximum Gasteiger partial charge on any atom is 0.147 e. The summed E-state index contributed by atoms with van der Waals surface area (Å²) in [6.07, 6.45) is -0.0515. The highest BCUT2D eigenvalue weighted by atomic mass is 79.9. The molecule has 0 aromatic rings. The highest BCUT2D eigenvalue weighted by molar-refractivity contribution is 9.11. The van der Waals surface area contributed by atoms with Crippen LogP contribution in [0.15, 0.2) is 22.1 Å². The number of hydrogen-bond donors (Lipinski definition) is 1. The second-order valence-corrected chi connectivity index (χ2v) is 3.08. The minimum Gasteiger partial charge on any atom is -0.397 e. The first kappa shape index (κ1) is 7.72. The van der Waals surface area contributed by atoms with Crippen molar-refractivity contribution in [1.82, 2.24) is 0 Å². The summed E-state index contributed by atoms with van der Waals surface area (Å²) in [4.78, 5) is 0. The molecule has 1 aliphatic rings. The van der Waals surface area contributed by atoms with Gasteiger partial charge in [0, 0.05) is 10.9 Å². The highest BCUT2D eigenvalue weighted by Crippen LogP contribution is 2.27. The summed E-state index contributed by atoms with van der Waals surface area (Å²) in [7, 11) is 0. The first-order valence-corrected chi connectivity index (χ1v) is 3.56. The number of halogens is 3. The van der Waals surface area contributed by atoms with Crippen molar-refractivity contribution in [2.75, 3.05) is 0 Å². The standard InChI is InChI=1S/C6H6BrF2N/c7-3-1-4(8)6(10)5(9)2-3/h1,5H,2,10H2. The van der Waals surface area contributed by atoms with E-state index in [4.69, 9.17) is 5.73 Å². The first-order valence-electron chi connectivity index (χ1n) is 2.76. The lowest BCUT2D eigenvalue weighted by atomic mass is 10.1. The van der Waals surface area contributed by atoms with Gasteiger partial charge in [-0.15, -0.1) is 0 Å². The molecule has 1 unspecified atom stereocenters. The van der Waals surface area contributed by atoms with E-state index in [1.807, 2.05) is 0 Å². The summed E-state index contributed by atoms with van der Waals surface area (Å²) in [6, 6.07) is 0. The molecule has 0 fully saturated rings. The Morgan fingerprint density at radius 1 is 1.70 bits per heavy atom. The van der Waals surface area contributed by atoms with E-state index in [0.717, 1.165) is 0 Å². The van der Waals surface area contributed by atoms with Gasteiger partial charge in [-0.05, 0) is 6.08 Å². The molecule has 0 radical (unpaired) electrons. The van der Waals surface area contributed by atoms with Crippen LogP contribution in [0.2, 0.25) is 0 Å². The molecule has 0 bridgehead atoms. The second-order valence-electron chi connectivity index (χ2n) is 2.07. The normalized spacial score (nSPS) is 26.7. The number of nitrogens with two attached hydrogens (primary N) is 1. The average Bonchev–Trinajstić information content (AvgIpc) is 1.82. The number of allylic oxidation sites excluding steroid dienone is 4. The van der Waals surface area contributed by atoms with Gasteiger partial charge in [0.15, 0.2) is 0 Å². The Balaban J connectivity index is 2.92. The van der Waals surface area contributed by atoms with Crippen molar-refractivity contribution in [3.05, 3.63) is 22.1 Å². The fourth-order valence-corrected chi connectivity index (χ4v) is 1.20. The Morgan fingerprint density at radius 2 is 2.30 bits per heavy atom. The smallest absolute Gasteiger partial charge is 0.147 e. The molecule has 2 N–H and O–H groups in total. The van der Waals surface area contributed by atoms with Crippen molar-refractivity contribution in [2.24, 2.45) is 5.73 Å². The first-order chi connectivity index (χ1) is 4.61. The van der Waals surface area contributed by atoms with Crippen molar-refractivity contribution >= 4 is 15.9 Å². The fourth-order valence-electron chi connectivity index (χ4n) is 0.711. The average molecular weight is 210 g/mol. The molecule has 0 amide bonds. The molecule has 0 aromatic heterocycles. The summed E-state index contributed by atoms with van der Waals surface area (Å²) in [5, 5.41) is 0. The Morgan fingerprint density at radius 3 is 2.80 bits per heavy atom. The summed E-state index contributed by atoms with van der Waals surface area (Å²) in [6.45, 7) is 0. The van der Waals surface area contributed by atoms with Crippen LogP contribution in [0, 0.1) is 0 Å².